The Morgan fingerprint density at radius 1 is 0.847 bits per heavy atom. The van der Waals surface area contributed by atoms with Crippen LogP contribution >= 0.6 is 0 Å². The number of aliphatic hydroxyl groups is 2. The number of rotatable bonds is 8. The van der Waals surface area contributed by atoms with Crippen molar-refractivity contribution in [1.82, 2.24) is 4.90 Å². The highest BCUT2D eigenvalue weighted by Crippen LogP contribution is 2.42. The van der Waals surface area contributed by atoms with Crippen LogP contribution in [-0.2, 0) is 52.1 Å². The van der Waals surface area contributed by atoms with Crippen LogP contribution in [0.1, 0.15) is 146 Å². The highest BCUT2D eigenvalue weighted by molar-refractivity contribution is 6.74. The summed E-state index contributed by atoms with van der Waals surface area (Å²) in [4.78, 5) is 72.7. The Morgan fingerprint density at radius 2 is 1.54 bits per heavy atom. The second kappa shape index (κ2) is 27.1. The maximum atomic E-state index is 14.6. The second-order valence-electron chi connectivity index (χ2n) is 23.4. The van der Waals surface area contributed by atoms with Crippen molar-refractivity contribution in [1.29, 1.82) is 0 Å². The van der Waals surface area contributed by atoms with Crippen LogP contribution in [0.3, 0.4) is 0 Å². The van der Waals surface area contributed by atoms with E-state index in [0.717, 1.165) is 24.8 Å². The molecular formula is C57H93NO13Si. The number of nitrogens with zero attached hydrogens (tertiary/aromatic N) is 1. The van der Waals surface area contributed by atoms with E-state index in [2.05, 4.69) is 33.9 Å². The lowest BCUT2D eigenvalue weighted by atomic mass is 9.78. The fourth-order valence-corrected chi connectivity index (χ4v) is 12.2. The molecule has 1 saturated carbocycles. The summed E-state index contributed by atoms with van der Waals surface area (Å²) >= 11 is 0. The minimum Gasteiger partial charge on any atom is -0.460 e. The predicted molar refractivity (Wildman–Crippen MR) is 281 cm³/mol. The first-order valence-corrected chi connectivity index (χ1v) is 29.8. The molecule has 0 spiro atoms. The molecule has 15 atom stereocenters. The van der Waals surface area contributed by atoms with Crippen LogP contribution in [0, 0.1) is 35.5 Å². The SMILES string of the molecule is CO[C@H]1C[C@@H]2CC[C@@H](C)[C@@](O)(O2)C(=O)C(=O)N2CCCC[C@H]2C(=O)O[C@H]([C@@H](C)C[C@@H]2CC[C@H](O[Si](C)(C)C(C)(C)C)[C@H](OC)C2)CC(=O)[C@H](C)/C=C(\C)[C@@H](O)[C@@H](OC)C(=O)[C@H](C)C[C@H](C)/C=C/C=C/C=C/1C. The summed E-state index contributed by atoms with van der Waals surface area (Å²) in [7, 11) is 2.61. The van der Waals surface area contributed by atoms with E-state index < -0.39 is 86.1 Å². The standard InChI is InChI=1S/C57H93NO13Si/c1-35-21-17-16-18-22-36(2)47(66-11)33-43-26-24-41(7)57(65,70-43)53(62)54(63)58-28-20-19-23-44(58)55(64)69-48(34-45(59)37(3)30-40(6)51(61)52(68-13)50(60)39(5)29-35)38(4)31-42-25-27-46(49(32-42)67-12)71-72(14,15)56(8,9)10/h16-18,21-22,30,35,37-39,41-44,46-49,51-52,61,65H,19-20,23-29,31-34H2,1-15H3/b18-16+,21-17+,36-22+,40-30+/t35-,37-,38+,39-,41-,42+,43+,44+,46+,47+,48+,49-,51-,52+,57-/m1/s1. The monoisotopic (exact) mass is 1030 g/mol. The van der Waals surface area contributed by atoms with Crippen molar-refractivity contribution in [3.05, 3.63) is 47.6 Å². The van der Waals surface area contributed by atoms with Crippen LogP contribution < -0.4 is 0 Å². The highest BCUT2D eigenvalue weighted by Gasteiger charge is 2.53. The number of fused-ring (bicyclic) bond motifs is 3. The molecule has 0 unspecified atom stereocenters. The van der Waals surface area contributed by atoms with Gasteiger partial charge in [0.05, 0.1) is 24.4 Å². The average molecular weight is 1030 g/mol. The number of Topliss-reactive ketones (excluding diaryl/α,β-unsaturated/α-hetero) is 3. The van der Waals surface area contributed by atoms with Gasteiger partial charge in [0.15, 0.2) is 14.1 Å². The van der Waals surface area contributed by atoms with Gasteiger partial charge in [-0.2, -0.15) is 0 Å². The van der Waals surface area contributed by atoms with E-state index in [0.29, 0.717) is 50.5 Å². The van der Waals surface area contributed by atoms with Gasteiger partial charge in [0.2, 0.25) is 5.79 Å². The maximum absolute atomic E-state index is 14.6. The normalized spacial score (nSPS) is 38.2. The Labute approximate surface area is 433 Å². The fourth-order valence-electron chi connectivity index (χ4n) is 10.8. The zero-order valence-electron chi connectivity index (χ0n) is 46.6. The van der Waals surface area contributed by atoms with E-state index in [-0.39, 0.29) is 66.0 Å². The molecule has 3 aliphatic heterocycles. The van der Waals surface area contributed by atoms with Crippen LogP contribution in [-0.4, -0.2) is 135 Å². The predicted octanol–water partition coefficient (Wildman–Crippen LogP) is 9.21. The Bertz CT molecular complexity index is 1970. The number of hydrogen-bond donors (Lipinski definition) is 2. The lowest BCUT2D eigenvalue weighted by Gasteiger charge is -2.44. The van der Waals surface area contributed by atoms with Crippen molar-refractivity contribution < 1.29 is 62.3 Å². The molecule has 0 radical (unpaired) electrons. The number of cyclic esters (lactones) is 1. The van der Waals surface area contributed by atoms with Gasteiger partial charge >= 0.3 is 5.97 Å². The number of piperidine rings is 1. The van der Waals surface area contributed by atoms with Crippen LogP contribution in [0.5, 0.6) is 0 Å². The lowest BCUT2D eigenvalue weighted by Crippen LogP contribution is -2.61. The highest BCUT2D eigenvalue weighted by atomic mass is 28.4. The van der Waals surface area contributed by atoms with E-state index in [1.54, 1.807) is 41.1 Å². The van der Waals surface area contributed by atoms with Crippen LogP contribution in [0.2, 0.25) is 18.1 Å². The molecule has 0 aromatic carbocycles. The smallest absolute Gasteiger partial charge is 0.329 e. The van der Waals surface area contributed by atoms with E-state index >= 15 is 0 Å². The zero-order valence-corrected chi connectivity index (χ0v) is 47.6. The molecule has 0 aromatic heterocycles. The van der Waals surface area contributed by atoms with E-state index in [1.807, 2.05) is 58.1 Å². The van der Waals surface area contributed by atoms with Gasteiger partial charge in [-0.3, -0.25) is 19.2 Å². The molecule has 4 rings (SSSR count). The number of ketones is 3. The summed E-state index contributed by atoms with van der Waals surface area (Å²) in [5.41, 5.74) is 1.29. The maximum Gasteiger partial charge on any atom is 0.329 e. The van der Waals surface area contributed by atoms with Gasteiger partial charge < -0.3 is 43.2 Å². The first-order chi connectivity index (χ1) is 33.7. The summed E-state index contributed by atoms with van der Waals surface area (Å²) in [6, 6.07) is -1.13. The fraction of sp³-hybridized carbons (Fsp3) is 0.772. The van der Waals surface area contributed by atoms with Crippen molar-refractivity contribution in [3.63, 3.8) is 0 Å². The molecule has 0 aromatic rings. The minimum absolute atomic E-state index is 0.0209. The molecule has 4 aliphatic rings. The van der Waals surface area contributed by atoms with Gasteiger partial charge in [-0.05, 0) is 125 Å². The minimum atomic E-state index is -2.43. The van der Waals surface area contributed by atoms with Crippen LogP contribution in [0.4, 0.5) is 0 Å². The zero-order chi connectivity index (χ0) is 53.9. The van der Waals surface area contributed by atoms with Crippen LogP contribution in [0.25, 0.3) is 0 Å². The van der Waals surface area contributed by atoms with Crippen LogP contribution in [0.15, 0.2) is 47.6 Å². The number of allylic oxidation sites excluding steroid dienone is 6. The summed E-state index contributed by atoms with van der Waals surface area (Å²) in [6.07, 6.45) is 12.7. The molecule has 72 heavy (non-hydrogen) atoms. The number of aliphatic hydroxyl groups excluding tert-OH is 1. The third kappa shape index (κ3) is 15.9. The Hall–Kier alpha value is -3.15. The van der Waals surface area contributed by atoms with Gasteiger partial charge in [-0.1, -0.05) is 91.8 Å². The van der Waals surface area contributed by atoms with Crippen molar-refractivity contribution >= 4 is 37.5 Å². The number of ether oxygens (including phenoxy) is 5. The molecule has 3 fully saturated rings. The van der Waals surface area contributed by atoms with Crippen molar-refractivity contribution in [2.45, 2.75) is 219 Å². The molecule has 3 heterocycles. The number of amides is 1. The third-order valence-electron chi connectivity index (χ3n) is 16.7. The molecule has 1 aliphatic carbocycles. The summed E-state index contributed by atoms with van der Waals surface area (Å²) in [5.74, 6) is -7.77. The molecule has 14 nitrogen and oxygen atoms in total. The first kappa shape index (κ1) is 61.4. The number of hydrogen-bond acceptors (Lipinski definition) is 13. The average Bonchev–Trinajstić information content (AvgIpc) is 3.32. The molecule has 1 amide bonds. The molecule has 2 N–H and O–H groups in total. The molecule has 15 heteroatoms. The number of esters is 1. The number of carbonyl (C=O) groups is 5. The molecule has 2 bridgehead atoms. The molecular weight excluding hydrogens is 935 g/mol. The molecule has 2 saturated heterocycles. The largest absolute Gasteiger partial charge is 0.460 e. The van der Waals surface area contributed by atoms with Gasteiger partial charge in [-0.15, -0.1) is 0 Å². The van der Waals surface area contributed by atoms with Gasteiger partial charge in [0.25, 0.3) is 11.7 Å². The third-order valence-corrected chi connectivity index (χ3v) is 21.2. The lowest BCUT2D eigenvalue weighted by molar-refractivity contribution is -0.265. The van der Waals surface area contributed by atoms with Crippen molar-refractivity contribution in [2.75, 3.05) is 27.9 Å². The van der Waals surface area contributed by atoms with Gasteiger partial charge in [0.1, 0.15) is 30.1 Å². The van der Waals surface area contributed by atoms with E-state index in [4.69, 9.17) is 28.1 Å². The first-order valence-electron chi connectivity index (χ1n) is 26.9. The Balaban J connectivity index is 1.70. The molecule has 408 valence electrons. The van der Waals surface area contributed by atoms with Gasteiger partial charge in [-0.25, -0.2) is 4.79 Å². The van der Waals surface area contributed by atoms with Crippen molar-refractivity contribution in [3.8, 4) is 0 Å². The topological polar surface area (TPSA) is 184 Å². The summed E-state index contributed by atoms with van der Waals surface area (Å²) < 4.78 is 37.0. The Morgan fingerprint density at radius 3 is 2.18 bits per heavy atom. The quantitative estimate of drug-likeness (QED) is 0.102. The number of methoxy groups -OCH3 is 3. The summed E-state index contributed by atoms with van der Waals surface area (Å²) in [5, 5.41) is 23.6. The van der Waals surface area contributed by atoms with E-state index in [9.17, 15) is 34.2 Å². The second-order valence-corrected chi connectivity index (χ2v) is 28.2. The van der Waals surface area contributed by atoms with Crippen molar-refractivity contribution in [2.24, 2.45) is 35.5 Å². The number of carbonyl (C=O) groups excluding carboxylic acids is 5. The summed E-state index contributed by atoms with van der Waals surface area (Å²) in [6.45, 7) is 24.1. The Kier molecular flexibility index (Phi) is 23.1. The van der Waals surface area contributed by atoms with E-state index in [1.165, 1.54) is 12.0 Å². The van der Waals surface area contributed by atoms with Gasteiger partial charge in [0, 0.05) is 58.5 Å².